The third-order valence-corrected chi connectivity index (χ3v) is 6.53. The fraction of sp³-hybridized carbons (Fsp3) is 0.500. The second kappa shape index (κ2) is 9.14. The lowest BCUT2D eigenvalue weighted by atomic mass is 10.0. The molecule has 6 nitrogen and oxygen atoms in total. The molecule has 1 aromatic carbocycles. The molecule has 1 aromatic heterocycles. The average Bonchev–Trinajstić information content (AvgIpc) is 3.38. The Morgan fingerprint density at radius 1 is 1.23 bits per heavy atom. The van der Waals surface area contributed by atoms with E-state index in [1.165, 1.54) is 54.3 Å². The molecular weight excluding hydrogens is 376 g/mol. The first-order valence-electron chi connectivity index (χ1n) is 11.0. The van der Waals surface area contributed by atoms with E-state index in [2.05, 4.69) is 35.6 Å². The highest BCUT2D eigenvalue weighted by molar-refractivity contribution is 5.90. The number of hydroxylamine groups is 1. The van der Waals surface area contributed by atoms with Crippen molar-refractivity contribution in [3.8, 4) is 0 Å². The van der Waals surface area contributed by atoms with E-state index in [4.69, 9.17) is 10.3 Å². The van der Waals surface area contributed by atoms with E-state index in [1.807, 2.05) is 12.1 Å². The zero-order valence-electron chi connectivity index (χ0n) is 18.0. The summed E-state index contributed by atoms with van der Waals surface area (Å²) in [5.74, 6) is 0.321. The Morgan fingerprint density at radius 2 is 2.00 bits per heavy atom. The van der Waals surface area contributed by atoms with Crippen molar-refractivity contribution in [2.75, 3.05) is 13.1 Å². The normalized spacial score (nSPS) is 19.6. The Balaban J connectivity index is 1.39. The number of aryl methyl sites for hydroxylation is 1. The van der Waals surface area contributed by atoms with E-state index in [9.17, 15) is 4.79 Å². The van der Waals surface area contributed by atoms with E-state index >= 15 is 0 Å². The van der Waals surface area contributed by atoms with Gasteiger partial charge in [-0.2, -0.15) is 5.10 Å². The number of nitrogens with one attached hydrogen (secondary N) is 1. The number of hydrogen-bond donors (Lipinski definition) is 2. The first-order chi connectivity index (χ1) is 14.5. The summed E-state index contributed by atoms with van der Waals surface area (Å²) in [7, 11) is 0. The zero-order valence-corrected chi connectivity index (χ0v) is 18.0. The van der Waals surface area contributed by atoms with Crippen LogP contribution in [0.25, 0.3) is 6.08 Å². The number of nitrogens with zero attached hydrogens (tertiary/aromatic N) is 3. The maximum absolute atomic E-state index is 11.1. The van der Waals surface area contributed by atoms with Crippen LogP contribution >= 0.6 is 0 Å². The number of aromatic nitrogens is 2. The van der Waals surface area contributed by atoms with Crippen LogP contribution in [0.3, 0.4) is 0 Å². The molecule has 0 bridgehead atoms. The van der Waals surface area contributed by atoms with Crippen molar-refractivity contribution < 1.29 is 10.0 Å². The minimum absolute atomic E-state index is 0.450. The average molecular weight is 409 g/mol. The van der Waals surface area contributed by atoms with E-state index < -0.39 is 5.91 Å². The van der Waals surface area contributed by atoms with Crippen molar-refractivity contribution in [3.63, 3.8) is 0 Å². The predicted molar refractivity (Wildman–Crippen MR) is 117 cm³/mol. The number of amides is 1. The van der Waals surface area contributed by atoms with Gasteiger partial charge in [-0.3, -0.25) is 19.6 Å². The summed E-state index contributed by atoms with van der Waals surface area (Å²) >= 11 is 0. The maximum atomic E-state index is 11.1. The molecule has 0 radical (unpaired) electrons. The highest BCUT2D eigenvalue weighted by Crippen LogP contribution is 2.33. The third-order valence-electron chi connectivity index (χ3n) is 6.53. The van der Waals surface area contributed by atoms with Gasteiger partial charge in [-0.1, -0.05) is 24.3 Å². The van der Waals surface area contributed by atoms with Crippen LogP contribution in [0, 0.1) is 19.8 Å². The molecule has 1 saturated heterocycles. The molecule has 2 aromatic rings. The van der Waals surface area contributed by atoms with Gasteiger partial charge in [-0.25, -0.2) is 5.48 Å². The topological polar surface area (TPSA) is 70.4 Å². The molecule has 6 heteroatoms. The number of hydrogen-bond acceptors (Lipinski definition) is 4. The summed E-state index contributed by atoms with van der Waals surface area (Å²) in [6.07, 6.45) is 9.19. The second-order valence-corrected chi connectivity index (χ2v) is 8.69. The van der Waals surface area contributed by atoms with Gasteiger partial charge in [0.25, 0.3) is 5.91 Å². The van der Waals surface area contributed by atoms with Gasteiger partial charge in [0.2, 0.25) is 0 Å². The van der Waals surface area contributed by atoms with Gasteiger partial charge in [0.15, 0.2) is 0 Å². The molecule has 2 N–H and O–H groups in total. The molecule has 0 spiro atoms. The SMILES string of the molecule is Cc1nn(CC2CC2)c(C)c1CCN1CCC[C@H]1c1ccc(C=CC(=O)NO)cc1. The summed E-state index contributed by atoms with van der Waals surface area (Å²) in [4.78, 5) is 13.7. The lowest BCUT2D eigenvalue weighted by Gasteiger charge is -2.25. The van der Waals surface area contributed by atoms with Gasteiger partial charge in [0.1, 0.15) is 0 Å². The molecule has 4 rings (SSSR count). The molecule has 1 saturated carbocycles. The summed E-state index contributed by atoms with van der Waals surface area (Å²) in [5, 5.41) is 13.4. The lowest BCUT2D eigenvalue weighted by molar-refractivity contribution is -0.124. The van der Waals surface area contributed by atoms with E-state index in [0.29, 0.717) is 6.04 Å². The van der Waals surface area contributed by atoms with Crippen molar-refractivity contribution >= 4 is 12.0 Å². The minimum atomic E-state index is -0.521. The molecule has 30 heavy (non-hydrogen) atoms. The number of likely N-dealkylation sites (tertiary alicyclic amines) is 1. The smallest absolute Gasteiger partial charge is 0.267 e. The molecule has 2 heterocycles. The predicted octanol–water partition coefficient (Wildman–Crippen LogP) is 3.81. The molecule has 160 valence electrons. The van der Waals surface area contributed by atoms with Crippen LogP contribution in [0.1, 0.15) is 59.8 Å². The molecule has 1 amide bonds. The van der Waals surface area contributed by atoms with Gasteiger partial charge in [-0.15, -0.1) is 0 Å². The Morgan fingerprint density at radius 3 is 2.70 bits per heavy atom. The number of carbonyl (C=O) groups is 1. The highest BCUT2D eigenvalue weighted by Gasteiger charge is 2.27. The van der Waals surface area contributed by atoms with Gasteiger partial charge in [0.05, 0.1) is 5.69 Å². The van der Waals surface area contributed by atoms with Gasteiger partial charge in [-0.05, 0) is 81.2 Å². The van der Waals surface area contributed by atoms with E-state index in [0.717, 1.165) is 37.5 Å². The molecular formula is C24H32N4O2. The van der Waals surface area contributed by atoms with Crippen molar-refractivity contribution in [3.05, 3.63) is 58.4 Å². The van der Waals surface area contributed by atoms with Crippen LogP contribution in [0.2, 0.25) is 0 Å². The van der Waals surface area contributed by atoms with E-state index in [-0.39, 0.29) is 0 Å². The molecule has 2 aliphatic rings. The molecule has 2 fully saturated rings. The van der Waals surface area contributed by atoms with Crippen LogP contribution < -0.4 is 5.48 Å². The van der Waals surface area contributed by atoms with Crippen molar-refractivity contribution in [2.45, 2.75) is 58.5 Å². The van der Waals surface area contributed by atoms with Crippen LogP contribution in [0.5, 0.6) is 0 Å². The minimum Gasteiger partial charge on any atom is -0.296 e. The molecule has 1 aliphatic heterocycles. The first kappa shape index (κ1) is 20.8. The first-order valence-corrected chi connectivity index (χ1v) is 11.0. The van der Waals surface area contributed by atoms with Crippen LogP contribution in [0.15, 0.2) is 30.3 Å². The Kier molecular flexibility index (Phi) is 6.35. The monoisotopic (exact) mass is 408 g/mol. The number of rotatable bonds is 8. The second-order valence-electron chi connectivity index (χ2n) is 8.69. The van der Waals surface area contributed by atoms with Gasteiger partial charge >= 0.3 is 0 Å². The Bertz CT molecular complexity index is 912. The quantitative estimate of drug-likeness (QED) is 0.396. The number of carbonyl (C=O) groups excluding carboxylic acids is 1. The van der Waals surface area contributed by atoms with Crippen LogP contribution in [-0.4, -0.2) is 38.9 Å². The van der Waals surface area contributed by atoms with Crippen molar-refractivity contribution in [2.24, 2.45) is 5.92 Å². The summed E-state index contributed by atoms with van der Waals surface area (Å²) in [6, 6.07) is 8.82. The van der Waals surface area contributed by atoms with Crippen LogP contribution in [-0.2, 0) is 17.8 Å². The van der Waals surface area contributed by atoms with Gasteiger partial charge < -0.3 is 0 Å². The fourth-order valence-corrected chi connectivity index (χ4v) is 4.58. The number of benzene rings is 1. The standard InChI is InChI=1S/C24H32N4O2/c1-17-22(18(2)28(25-17)16-20-5-6-20)13-15-27-14-3-4-23(27)21-10-7-19(8-11-21)9-12-24(29)26-30/h7-12,20,23,30H,3-6,13-16H2,1-2H3,(H,26,29)/t23-/m0/s1. The fourth-order valence-electron chi connectivity index (χ4n) is 4.58. The highest BCUT2D eigenvalue weighted by atomic mass is 16.5. The summed E-state index contributed by atoms with van der Waals surface area (Å²) in [6.45, 7) is 7.65. The van der Waals surface area contributed by atoms with Crippen LogP contribution in [0.4, 0.5) is 0 Å². The zero-order chi connectivity index (χ0) is 21.1. The largest absolute Gasteiger partial charge is 0.296 e. The van der Waals surface area contributed by atoms with Gasteiger partial charge in [0, 0.05) is 30.9 Å². The lowest BCUT2D eigenvalue weighted by Crippen LogP contribution is -2.26. The van der Waals surface area contributed by atoms with E-state index in [1.54, 1.807) is 11.6 Å². The van der Waals surface area contributed by atoms with Crippen molar-refractivity contribution in [1.29, 1.82) is 0 Å². The van der Waals surface area contributed by atoms with Crippen molar-refractivity contribution in [1.82, 2.24) is 20.2 Å². The Labute approximate surface area is 178 Å². The maximum Gasteiger partial charge on any atom is 0.267 e. The summed E-state index contributed by atoms with van der Waals surface area (Å²) < 4.78 is 2.23. The Hall–Kier alpha value is -2.44. The molecule has 1 atom stereocenters. The third kappa shape index (κ3) is 4.82. The molecule has 0 unspecified atom stereocenters. The summed E-state index contributed by atoms with van der Waals surface area (Å²) in [5.41, 5.74) is 7.83. The molecule has 1 aliphatic carbocycles.